The Morgan fingerprint density at radius 2 is 2.18 bits per heavy atom. The van der Waals surface area contributed by atoms with Gasteiger partial charge in [-0.3, -0.25) is 4.79 Å². The third-order valence-electron chi connectivity index (χ3n) is 1.09. The molecule has 0 aliphatic rings. The van der Waals surface area contributed by atoms with Crippen LogP contribution in [0, 0.1) is 0 Å². The van der Waals surface area contributed by atoms with Crippen LogP contribution in [0.15, 0.2) is 0 Å². The molecule has 0 radical (unpaired) electrons. The minimum absolute atomic E-state index is 0.0557. The highest BCUT2D eigenvalue weighted by molar-refractivity contribution is 6.17. The van der Waals surface area contributed by atoms with Gasteiger partial charge in [0, 0.05) is 12.4 Å². The van der Waals surface area contributed by atoms with Gasteiger partial charge in [0.05, 0.1) is 6.54 Å². The first-order valence-electron chi connectivity index (χ1n) is 3.64. The predicted octanol–water partition coefficient (Wildman–Crippen LogP) is 0.293. The standard InChI is InChI=1S/C7H15ClN2O/c1-10(2)6-7(11)9-5-3-4-8/h3-6H2,1-2H3,(H,9,11). The number of nitrogens with zero attached hydrogens (tertiary/aromatic N) is 1. The van der Waals surface area contributed by atoms with Gasteiger partial charge in [0.15, 0.2) is 0 Å². The molecule has 0 fully saturated rings. The van der Waals surface area contributed by atoms with E-state index in [1.165, 1.54) is 0 Å². The van der Waals surface area contributed by atoms with E-state index >= 15 is 0 Å². The third-order valence-corrected chi connectivity index (χ3v) is 1.36. The van der Waals surface area contributed by atoms with Crippen LogP contribution in [0.3, 0.4) is 0 Å². The van der Waals surface area contributed by atoms with E-state index in [9.17, 15) is 4.79 Å². The maximum absolute atomic E-state index is 10.9. The molecule has 0 aromatic heterocycles. The largest absolute Gasteiger partial charge is 0.355 e. The summed E-state index contributed by atoms with van der Waals surface area (Å²) in [4.78, 5) is 12.8. The molecule has 0 aromatic carbocycles. The van der Waals surface area contributed by atoms with E-state index in [-0.39, 0.29) is 5.91 Å². The minimum atomic E-state index is 0.0557. The molecule has 0 heterocycles. The predicted molar refractivity (Wildman–Crippen MR) is 46.9 cm³/mol. The normalized spacial score (nSPS) is 10.2. The lowest BCUT2D eigenvalue weighted by atomic mass is 10.4. The van der Waals surface area contributed by atoms with Crippen LogP contribution < -0.4 is 5.32 Å². The molecule has 0 rings (SSSR count). The van der Waals surface area contributed by atoms with Crippen molar-refractivity contribution in [3.8, 4) is 0 Å². The number of halogens is 1. The molecule has 66 valence electrons. The Morgan fingerprint density at radius 1 is 1.55 bits per heavy atom. The van der Waals surface area contributed by atoms with Gasteiger partial charge in [0.2, 0.25) is 5.91 Å². The second-order valence-corrected chi connectivity index (χ2v) is 3.01. The number of nitrogens with one attached hydrogen (secondary N) is 1. The zero-order valence-electron chi connectivity index (χ0n) is 7.06. The number of carbonyl (C=O) groups is 1. The zero-order valence-corrected chi connectivity index (χ0v) is 7.82. The molecule has 0 atom stereocenters. The van der Waals surface area contributed by atoms with Crippen LogP contribution in [0.1, 0.15) is 6.42 Å². The number of hydrogen-bond donors (Lipinski definition) is 1. The molecule has 0 aliphatic carbocycles. The van der Waals surface area contributed by atoms with E-state index in [0.717, 1.165) is 6.42 Å². The van der Waals surface area contributed by atoms with Gasteiger partial charge < -0.3 is 10.2 Å². The molecule has 0 aromatic rings. The highest BCUT2D eigenvalue weighted by atomic mass is 35.5. The van der Waals surface area contributed by atoms with Gasteiger partial charge in [0.25, 0.3) is 0 Å². The number of hydrogen-bond acceptors (Lipinski definition) is 2. The van der Waals surface area contributed by atoms with Crippen LogP contribution in [0.5, 0.6) is 0 Å². The Balaban J connectivity index is 3.23. The number of amides is 1. The summed E-state index contributed by atoms with van der Waals surface area (Å²) in [5.74, 6) is 0.655. The summed E-state index contributed by atoms with van der Waals surface area (Å²) >= 11 is 5.43. The van der Waals surface area contributed by atoms with Crippen LogP contribution in [0.4, 0.5) is 0 Å². The topological polar surface area (TPSA) is 32.3 Å². The summed E-state index contributed by atoms with van der Waals surface area (Å²) in [5, 5.41) is 2.75. The smallest absolute Gasteiger partial charge is 0.234 e. The average molecular weight is 179 g/mol. The van der Waals surface area contributed by atoms with E-state index in [2.05, 4.69) is 5.32 Å². The van der Waals surface area contributed by atoms with Gasteiger partial charge in [-0.2, -0.15) is 0 Å². The van der Waals surface area contributed by atoms with Gasteiger partial charge in [-0.1, -0.05) is 0 Å². The van der Waals surface area contributed by atoms with Crippen molar-refractivity contribution in [1.29, 1.82) is 0 Å². The molecule has 3 nitrogen and oxygen atoms in total. The summed E-state index contributed by atoms with van der Waals surface area (Å²) in [6.07, 6.45) is 0.834. The minimum Gasteiger partial charge on any atom is -0.355 e. The van der Waals surface area contributed by atoms with Gasteiger partial charge in [-0.15, -0.1) is 11.6 Å². The molecule has 0 aliphatic heterocycles. The van der Waals surface area contributed by atoms with Gasteiger partial charge >= 0.3 is 0 Å². The SMILES string of the molecule is CN(C)CC(=O)NCCCCl. The second kappa shape index (κ2) is 6.43. The summed E-state index contributed by atoms with van der Waals surface area (Å²) in [5.41, 5.74) is 0. The van der Waals surface area contributed by atoms with Crippen LogP contribution in [-0.2, 0) is 4.79 Å². The summed E-state index contributed by atoms with van der Waals surface area (Å²) in [7, 11) is 3.72. The highest BCUT2D eigenvalue weighted by Crippen LogP contribution is 1.81. The van der Waals surface area contributed by atoms with Crippen LogP contribution >= 0.6 is 11.6 Å². The van der Waals surface area contributed by atoms with Crippen molar-refractivity contribution in [1.82, 2.24) is 10.2 Å². The Hall–Kier alpha value is -0.280. The maximum atomic E-state index is 10.9. The fourth-order valence-electron chi connectivity index (χ4n) is 0.638. The highest BCUT2D eigenvalue weighted by Gasteiger charge is 1.99. The van der Waals surface area contributed by atoms with Crippen molar-refractivity contribution in [2.75, 3.05) is 33.1 Å². The van der Waals surface area contributed by atoms with Crippen molar-refractivity contribution in [3.63, 3.8) is 0 Å². The fraction of sp³-hybridized carbons (Fsp3) is 0.857. The quantitative estimate of drug-likeness (QED) is 0.485. The van der Waals surface area contributed by atoms with Gasteiger partial charge in [0.1, 0.15) is 0 Å². The van der Waals surface area contributed by atoms with E-state index in [1.807, 2.05) is 19.0 Å². The van der Waals surface area contributed by atoms with Gasteiger partial charge in [-0.05, 0) is 20.5 Å². The van der Waals surface area contributed by atoms with Crippen molar-refractivity contribution in [2.45, 2.75) is 6.42 Å². The number of alkyl halides is 1. The Morgan fingerprint density at radius 3 is 2.64 bits per heavy atom. The van der Waals surface area contributed by atoms with Crippen molar-refractivity contribution in [3.05, 3.63) is 0 Å². The fourth-order valence-corrected chi connectivity index (χ4v) is 0.771. The first kappa shape index (κ1) is 10.7. The molecular formula is C7H15ClN2O. The Kier molecular flexibility index (Phi) is 6.27. The summed E-state index contributed by atoms with van der Waals surface area (Å²) in [6.45, 7) is 1.12. The molecular weight excluding hydrogens is 164 g/mol. The number of rotatable bonds is 5. The molecule has 0 saturated carbocycles. The van der Waals surface area contributed by atoms with Crippen molar-refractivity contribution in [2.24, 2.45) is 0 Å². The number of carbonyl (C=O) groups excluding carboxylic acids is 1. The first-order valence-corrected chi connectivity index (χ1v) is 4.17. The summed E-state index contributed by atoms with van der Waals surface area (Å²) in [6, 6.07) is 0. The molecule has 1 N–H and O–H groups in total. The molecule has 0 bridgehead atoms. The van der Waals surface area contributed by atoms with E-state index < -0.39 is 0 Å². The Labute approximate surface area is 72.7 Å². The van der Waals surface area contributed by atoms with Crippen LogP contribution in [0.2, 0.25) is 0 Å². The van der Waals surface area contributed by atoms with E-state index in [4.69, 9.17) is 11.6 Å². The third kappa shape index (κ3) is 7.62. The van der Waals surface area contributed by atoms with Crippen LogP contribution in [-0.4, -0.2) is 43.9 Å². The molecule has 11 heavy (non-hydrogen) atoms. The molecule has 1 amide bonds. The molecule has 0 unspecified atom stereocenters. The average Bonchev–Trinajstić information content (AvgIpc) is 1.86. The molecule has 0 spiro atoms. The lowest BCUT2D eigenvalue weighted by Crippen LogP contribution is -2.33. The maximum Gasteiger partial charge on any atom is 0.234 e. The van der Waals surface area contributed by atoms with Crippen molar-refractivity contribution >= 4 is 17.5 Å². The van der Waals surface area contributed by atoms with Crippen LogP contribution in [0.25, 0.3) is 0 Å². The lowest BCUT2D eigenvalue weighted by Gasteiger charge is -2.08. The van der Waals surface area contributed by atoms with E-state index in [0.29, 0.717) is 19.0 Å². The Bertz CT molecular complexity index is 117. The monoisotopic (exact) mass is 178 g/mol. The number of likely N-dealkylation sites (N-methyl/N-ethyl adjacent to an activating group) is 1. The van der Waals surface area contributed by atoms with Crippen molar-refractivity contribution < 1.29 is 4.79 Å². The summed E-state index contributed by atoms with van der Waals surface area (Å²) < 4.78 is 0. The zero-order chi connectivity index (χ0) is 8.69. The molecule has 4 heteroatoms. The van der Waals surface area contributed by atoms with E-state index in [1.54, 1.807) is 0 Å². The molecule has 0 saturated heterocycles. The van der Waals surface area contributed by atoms with Gasteiger partial charge in [-0.25, -0.2) is 0 Å². The lowest BCUT2D eigenvalue weighted by molar-refractivity contribution is -0.121. The first-order chi connectivity index (χ1) is 5.16. The second-order valence-electron chi connectivity index (χ2n) is 2.63.